The molecule has 1 unspecified atom stereocenters. The summed E-state index contributed by atoms with van der Waals surface area (Å²) >= 11 is 0. The van der Waals surface area contributed by atoms with Crippen molar-refractivity contribution in [3.05, 3.63) is 72.8 Å². The minimum atomic E-state index is -0.0737. The van der Waals surface area contributed by atoms with Gasteiger partial charge in [0.25, 0.3) is 5.91 Å². The van der Waals surface area contributed by atoms with Gasteiger partial charge in [0.1, 0.15) is 0 Å². The Bertz CT molecular complexity index is 1020. The number of carbonyl (C=O) groups excluding carboxylic acids is 1. The highest BCUT2D eigenvalue weighted by atomic mass is 16.5. The Balaban J connectivity index is 1.33. The van der Waals surface area contributed by atoms with Crippen molar-refractivity contribution in [2.45, 2.75) is 12.8 Å². The van der Waals surface area contributed by atoms with Crippen LogP contribution in [-0.4, -0.2) is 65.0 Å². The Morgan fingerprint density at radius 1 is 1.00 bits per heavy atom. The van der Waals surface area contributed by atoms with Gasteiger partial charge < -0.3 is 14.5 Å². The van der Waals surface area contributed by atoms with Gasteiger partial charge in [-0.3, -0.25) is 9.78 Å². The standard InChI is InChI=1S/C24H27N5O2/c30-23(20-14-26-29(16-20)21-6-2-1-3-7-21)28-11-5-9-24(18-28)17-27(12-13-31-19-24)22-8-4-10-25-15-22/h1-4,6-8,10,14-16H,5,9,11-13,17-19H2. The number of benzene rings is 1. The number of rotatable bonds is 3. The van der Waals surface area contributed by atoms with Crippen molar-refractivity contribution in [2.24, 2.45) is 5.41 Å². The maximum Gasteiger partial charge on any atom is 0.257 e. The molecule has 2 aliphatic heterocycles. The summed E-state index contributed by atoms with van der Waals surface area (Å²) in [6.45, 7) is 4.53. The molecule has 0 saturated carbocycles. The van der Waals surface area contributed by atoms with Crippen LogP contribution < -0.4 is 4.90 Å². The Morgan fingerprint density at radius 3 is 2.71 bits per heavy atom. The number of pyridine rings is 1. The topological polar surface area (TPSA) is 63.5 Å². The monoisotopic (exact) mass is 417 g/mol. The van der Waals surface area contributed by atoms with Crippen LogP contribution in [0.4, 0.5) is 5.69 Å². The Hall–Kier alpha value is -3.19. The van der Waals surface area contributed by atoms with Crippen LogP contribution in [0.3, 0.4) is 0 Å². The van der Waals surface area contributed by atoms with Crippen LogP contribution >= 0.6 is 0 Å². The number of amides is 1. The smallest absolute Gasteiger partial charge is 0.257 e. The van der Waals surface area contributed by atoms with Gasteiger partial charge in [0.05, 0.1) is 42.5 Å². The molecule has 0 N–H and O–H groups in total. The largest absolute Gasteiger partial charge is 0.379 e. The van der Waals surface area contributed by atoms with Crippen LogP contribution in [0, 0.1) is 5.41 Å². The molecule has 0 bridgehead atoms. The van der Waals surface area contributed by atoms with E-state index in [0.717, 1.165) is 43.9 Å². The van der Waals surface area contributed by atoms with Crippen LogP contribution in [0.5, 0.6) is 0 Å². The van der Waals surface area contributed by atoms with E-state index in [1.54, 1.807) is 17.1 Å². The zero-order valence-corrected chi connectivity index (χ0v) is 17.6. The predicted molar refractivity (Wildman–Crippen MR) is 118 cm³/mol. The van der Waals surface area contributed by atoms with Gasteiger partial charge in [-0.1, -0.05) is 18.2 Å². The first-order valence-electron chi connectivity index (χ1n) is 10.8. The van der Waals surface area contributed by atoms with E-state index in [-0.39, 0.29) is 11.3 Å². The molecule has 7 heteroatoms. The molecule has 1 atom stereocenters. The van der Waals surface area contributed by atoms with E-state index in [2.05, 4.69) is 21.0 Å². The van der Waals surface area contributed by atoms with Gasteiger partial charge >= 0.3 is 0 Å². The van der Waals surface area contributed by atoms with E-state index in [1.807, 2.05) is 53.7 Å². The lowest BCUT2D eigenvalue weighted by Crippen LogP contribution is -2.52. The van der Waals surface area contributed by atoms with E-state index in [4.69, 9.17) is 4.74 Å². The quantitative estimate of drug-likeness (QED) is 0.656. The van der Waals surface area contributed by atoms with Gasteiger partial charge in [-0.15, -0.1) is 0 Å². The number of likely N-dealkylation sites (tertiary alicyclic amines) is 1. The zero-order chi connectivity index (χ0) is 21.1. The minimum Gasteiger partial charge on any atom is -0.379 e. The van der Waals surface area contributed by atoms with Crippen molar-refractivity contribution in [3.8, 4) is 5.69 Å². The molecule has 3 aromatic rings. The molecular weight excluding hydrogens is 390 g/mol. The first-order chi connectivity index (χ1) is 15.2. The molecule has 4 heterocycles. The molecule has 2 aliphatic rings. The summed E-state index contributed by atoms with van der Waals surface area (Å²) in [6, 6.07) is 13.9. The van der Waals surface area contributed by atoms with Crippen molar-refractivity contribution >= 4 is 11.6 Å². The fraction of sp³-hybridized carbons (Fsp3) is 0.375. The van der Waals surface area contributed by atoms with Gasteiger partial charge in [0, 0.05) is 44.0 Å². The summed E-state index contributed by atoms with van der Waals surface area (Å²) in [6.07, 6.45) is 9.22. The van der Waals surface area contributed by atoms with Gasteiger partial charge in [-0.25, -0.2) is 4.68 Å². The van der Waals surface area contributed by atoms with E-state index < -0.39 is 0 Å². The summed E-state index contributed by atoms with van der Waals surface area (Å²) in [7, 11) is 0. The minimum absolute atomic E-state index is 0.0402. The Labute approximate surface area is 182 Å². The molecule has 1 spiro atoms. The third-order valence-corrected chi connectivity index (χ3v) is 6.25. The van der Waals surface area contributed by atoms with Crippen molar-refractivity contribution in [1.29, 1.82) is 0 Å². The number of aromatic nitrogens is 3. The molecule has 160 valence electrons. The molecule has 1 aromatic carbocycles. The predicted octanol–water partition coefficient (Wildman–Crippen LogP) is 3.03. The second-order valence-corrected chi connectivity index (χ2v) is 8.52. The van der Waals surface area contributed by atoms with Crippen LogP contribution in [0.1, 0.15) is 23.2 Å². The molecule has 2 fully saturated rings. The van der Waals surface area contributed by atoms with Gasteiger partial charge in [-0.05, 0) is 37.1 Å². The summed E-state index contributed by atoms with van der Waals surface area (Å²) in [5.41, 5.74) is 2.61. The second kappa shape index (κ2) is 8.51. The fourth-order valence-electron chi connectivity index (χ4n) is 4.72. The first-order valence-corrected chi connectivity index (χ1v) is 10.8. The average molecular weight is 418 g/mol. The van der Waals surface area contributed by atoms with E-state index in [0.29, 0.717) is 25.3 Å². The molecule has 0 radical (unpaired) electrons. The summed E-state index contributed by atoms with van der Waals surface area (Å²) in [4.78, 5) is 21.9. The van der Waals surface area contributed by atoms with E-state index >= 15 is 0 Å². The number of carbonyl (C=O) groups is 1. The Morgan fingerprint density at radius 2 is 1.87 bits per heavy atom. The number of nitrogens with zero attached hydrogens (tertiary/aromatic N) is 5. The summed E-state index contributed by atoms with van der Waals surface area (Å²) in [5.74, 6) is 0.0402. The average Bonchev–Trinajstić information content (AvgIpc) is 3.24. The summed E-state index contributed by atoms with van der Waals surface area (Å²) < 4.78 is 7.77. The molecule has 1 amide bonds. The van der Waals surface area contributed by atoms with Crippen molar-refractivity contribution in [1.82, 2.24) is 19.7 Å². The number of ether oxygens (including phenoxy) is 1. The molecule has 31 heavy (non-hydrogen) atoms. The first kappa shape index (κ1) is 19.8. The highest BCUT2D eigenvalue weighted by Gasteiger charge is 2.40. The van der Waals surface area contributed by atoms with Crippen LogP contribution in [0.25, 0.3) is 5.69 Å². The molecule has 0 aliphatic carbocycles. The van der Waals surface area contributed by atoms with Crippen LogP contribution in [-0.2, 0) is 4.74 Å². The van der Waals surface area contributed by atoms with Crippen molar-refractivity contribution in [2.75, 3.05) is 44.3 Å². The van der Waals surface area contributed by atoms with Crippen LogP contribution in [0.15, 0.2) is 67.3 Å². The number of anilines is 1. The van der Waals surface area contributed by atoms with E-state index in [1.165, 1.54) is 0 Å². The van der Waals surface area contributed by atoms with Gasteiger partial charge in [0.15, 0.2) is 0 Å². The second-order valence-electron chi connectivity index (χ2n) is 8.52. The number of piperidine rings is 1. The highest BCUT2D eigenvalue weighted by molar-refractivity contribution is 5.94. The maximum atomic E-state index is 13.3. The number of para-hydroxylation sites is 1. The van der Waals surface area contributed by atoms with E-state index in [9.17, 15) is 4.79 Å². The summed E-state index contributed by atoms with van der Waals surface area (Å²) in [5, 5.41) is 4.40. The van der Waals surface area contributed by atoms with Crippen molar-refractivity contribution < 1.29 is 9.53 Å². The molecular formula is C24H27N5O2. The van der Waals surface area contributed by atoms with Gasteiger partial charge in [0.2, 0.25) is 0 Å². The molecule has 7 nitrogen and oxygen atoms in total. The Kier molecular flexibility index (Phi) is 5.42. The third-order valence-electron chi connectivity index (χ3n) is 6.25. The molecule has 2 aromatic heterocycles. The lowest BCUT2D eigenvalue weighted by Gasteiger charge is -2.43. The maximum absolute atomic E-state index is 13.3. The number of hydrogen-bond donors (Lipinski definition) is 0. The lowest BCUT2D eigenvalue weighted by molar-refractivity contribution is 0.0135. The highest BCUT2D eigenvalue weighted by Crippen LogP contribution is 2.35. The lowest BCUT2D eigenvalue weighted by atomic mass is 9.80. The fourth-order valence-corrected chi connectivity index (χ4v) is 4.72. The molecule has 5 rings (SSSR count). The third kappa shape index (κ3) is 4.18. The van der Waals surface area contributed by atoms with Gasteiger partial charge in [-0.2, -0.15) is 5.10 Å². The molecule has 2 saturated heterocycles. The van der Waals surface area contributed by atoms with Crippen LogP contribution in [0.2, 0.25) is 0 Å². The normalized spacial score (nSPS) is 21.8. The number of hydrogen-bond acceptors (Lipinski definition) is 5. The van der Waals surface area contributed by atoms with Crippen molar-refractivity contribution in [3.63, 3.8) is 0 Å². The zero-order valence-electron chi connectivity index (χ0n) is 17.6. The SMILES string of the molecule is O=C(c1cnn(-c2ccccc2)c1)N1CCCC2(COCCN(c3cccnc3)C2)C1.